The SMILES string of the molecule is CCC(=O)O[C@H]1[C@H](C)O[C@@H](O[C@H]2[C@H](N(C)C)[C@@H](OC(C)=O)[C@H](O[C@H]3[C@@H](CC(OC)OC)C[C@@H](C)[C@@H](O[Si](C)(C)C(C)(C)C)/C=C/C=C/C[C@@H](C)OC(=O)C[C@H](O)[C@@H]3OC)O[C@@H]2C)C[C@@]1(C)O. The van der Waals surface area contributed by atoms with Crippen LogP contribution in [0.1, 0.15) is 108 Å². The average Bonchev–Trinajstić information content (AvgIpc) is 3.20. The highest BCUT2D eigenvalue weighted by molar-refractivity contribution is 6.74. The van der Waals surface area contributed by atoms with Gasteiger partial charge in [-0.05, 0) is 78.2 Å². The normalized spacial score (nSPS) is 37.8. The Kier molecular flexibility index (Phi) is 22.4. The third-order valence-corrected chi connectivity index (χ3v) is 17.9. The molecule has 2 fully saturated rings. The Morgan fingerprint density at radius 2 is 1.61 bits per heavy atom. The fourth-order valence-corrected chi connectivity index (χ4v) is 10.2. The van der Waals surface area contributed by atoms with E-state index in [4.69, 9.17) is 51.8 Å². The summed E-state index contributed by atoms with van der Waals surface area (Å²) in [4.78, 5) is 40.5. The van der Waals surface area contributed by atoms with Gasteiger partial charge in [0.2, 0.25) is 0 Å². The monoisotopic (exact) mass is 960 g/mol. The number of hydrogen-bond acceptors (Lipinski definition) is 17. The average molecular weight is 960 g/mol. The van der Waals surface area contributed by atoms with E-state index >= 15 is 0 Å². The van der Waals surface area contributed by atoms with Gasteiger partial charge in [-0.25, -0.2) is 0 Å². The molecule has 16 atom stereocenters. The first-order chi connectivity index (χ1) is 30.7. The summed E-state index contributed by atoms with van der Waals surface area (Å²) in [6.45, 7) is 22.9. The van der Waals surface area contributed by atoms with E-state index in [2.05, 4.69) is 46.9 Å². The molecule has 66 heavy (non-hydrogen) atoms. The smallest absolute Gasteiger partial charge is 0.308 e. The van der Waals surface area contributed by atoms with Crippen molar-refractivity contribution in [1.29, 1.82) is 0 Å². The summed E-state index contributed by atoms with van der Waals surface area (Å²) < 4.78 is 68.9. The second-order valence-electron chi connectivity index (χ2n) is 20.3. The molecule has 2 N–H and O–H groups in total. The van der Waals surface area contributed by atoms with Gasteiger partial charge < -0.3 is 66.9 Å². The first-order valence-corrected chi connectivity index (χ1v) is 26.4. The van der Waals surface area contributed by atoms with Gasteiger partial charge in [-0.2, -0.15) is 0 Å². The molecule has 0 unspecified atom stereocenters. The standard InChI is InChI=1S/C48H85NO16Si/c1-18-36(52)62-45-31(5)59-39(27-48(45,10)54)63-41-30(4)60-46(44(61-32(6)50)40(41)49(11)12)64-42-33(25-38(55-13)56-14)24-28(2)35(65-66(16,17)47(7,8)9)23-21-19-20-22-29(3)58-37(53)26-34(51)43(42)57-15/h19-21,23,28-31,33-35,38-46,51,54H,18,22,24-27H2,1-17H3/b20-19+,23-21+/t28-,29-,30-,31+,33-,34+,35+,39+,40+,41-,42+,43+,44-,45+,46+,48-/m1/s1. The summed E-state index contributed by atoms with van der Waals surface area (Å²) in [6.07, 6.45) is -3.04. The molecule has 2 saturated heterocycles. The third kappa shape index (κ3) is 16.1. The van der Waals surface area contributed by atoms with E-state index in [1.54, 1.807) is 48.8 Å². The van der Waals surface area contributed by atoms with E-state index in [9.17, 15) is 24.6 Å². The number of cyclic esters (lactones) is 1. The van der Waals surface area contributed by atoms with Gasteiger partial charge in [0.1, 0.15) is 23.9 Å². The van der Waals surface area contributed by atoms with Crippen LogP contribution in [0.15, 0.2) is 24.3 Å². The molecule has 0 aromatic carbocycles. The number of likely N-dealkylation sites (N-methyl/N-ethyl adjacent to an activating group) is 1. The zero-order valence-corrected chi connectivity index (χ0v) is 43.8. The van der Waals surface area contributed by atoms with E-state index in [0.29, 0.717) is 12.8 Å². The topological polar surface area (TPSA) is 196 Å². The molecular formula is C48H85NO16Si. The van der Waals surface area contributed by atoms with Gasteiger partial charge in [0, 0.05) is 53.9 Å². The molecule has 3 heterocycles. The van der Waals surface area contributed by atoms with Gasteiger partial charge in [-0.3, -0.25) is 14.4 Å². The molecule has 0 aromatic rings. The van der Waals surface area contributed by atoms with Crippen LogP contribution in [0.2, 0.25) is 18.1 Å². The molecule has 0 radical (unpaired) electrons. The second kappa shape index (κ2) is 25.5. The maximum Gasteiger partial charge on any atom is 0.308 e. The Bertz CT molecular complexity index is 1580. The lowest BCUT2D eigenvalue weighted by Crippen LogP contribution is -2.66. The first kappa shape index (κ1) is 58.0. The fourth-order valence-electron chi connectivity index (χ4n) is 8.84. The van der Waals surface area contributed by atoms with Crippen molar-refractivity contribution in [3.63, 3.8) is 0 Å². The molecule has 0 spiro atoms. The molecule has 3 rings (SSSR count). The molecule has 3 aliphatic rings. The Labute approximate surface area is 395 Å². The predicted molar refractivity (Wildman–Crippen MR) is 248 cm³/mol. The molecule has 0 aromatic heterocycles. The van der Waals surface area contributed by atoms with Gasteiger partial charge in [-0.1, -0.05) is 58.9 Å². The highest BCUT2D eigenvalue weighted by Crippen LogP contribution is 2.41. The van der Waals surface area contributed by atoms with E-state index in [0.717, 1.165) is 0 Å². The Balaban J connectivity index is 2.19. The number of carbonyl (C=O) groups excluding carboxylic acids is 3. The largest absolute Gasteiger partial charge is 0.462 e. The molecule has 0 aliphatic carbocycles. The van der Waals surface area contributed by atoms with Crippen LogP contribution in [-0.2, 0) is 66.2 Å². The van der Waals surface area contributed by atoms with Gasteiger partial charge in [0.05, 0.1) is 43.0 Å². The maximum atomic E-state index is 13.4. The van der Waals surface area contributed by atoms with Crippen molar-refractivity contribution in [2.24, 2.45) is 11.8 Å². The highest BCUT2D eigenvalue weighted by atomic mass is 28.4. The van der Waals surface area contributed by atoms with Crippen molar-refractivity contribution >= 4 is 26.2 Å². The minimum Gasteiger partial charge on any atom is -0.462 e. The fraction of sp³-hybridized carbons (Fsp3) is 0.854. The summed E-state index contributed by atoms with van der Waals surface area (Å²) in [7, 11) is 5.81. The lowest BCUT2D eigenvalue weighted by molar-refractivity contribution is -0.345. The van der Waals surface area contributed by atoms with Crippen molar-refractivity contribution in [2.45, 2.75) is 217 Å². The van der Waals surface area contributed by atoms with Crippen LogP contribution in [-0.4, -0.2) is 168 Å². The Morgan fingerprint density at radius 3 is 2.15 bits per heavy atom. The molecule has 17 nitrogen and oxygen atoms in total. The molecule has 382 valence electrons. The number of hydrogen-bond donors (Lipinski definition) is 2. The second-order valence-corrected chi connectivity index (χ2v) is 25.1. The molecule has 0 saturated carbocycles. The van der Waals surface area contributed by atoms with E-state index in [1.165, 1.54) is 14.0 Å². The number of methoxy groups -OCH3 is 3. The van der Waals surface area contributed by atoms with Crippen LogP contribution < -0.4 is 0 Å². The predicted octanol–water partition coefficient (Wildman–Crippen LogP) is 5.83. The number of esters is 3. The maximum absolute atomic E-state index is 13.4. The van der Waals surface area contributed by atoms with Crippen LogP contribution in [0.4, 0.5) is 0 Å². The summed E-state index contributed by atoms with van der Waals surface area (Å²) in [6, 6.07) is -0.723. The van der Waals surface area contributed by atoms with Gasteiger partial charge in [0.25, 0.3) is 0 Å². The van der Waals surface area contributed by atoms with Gasteiger partial charge in [0.15, 0.2) is 39.4 Å². The summed E-state index contributed by atoms with van der Waals surface area (Å²) in [5, 5.41) is 23.5. The molecular weight excluding hydrogens is 875 g/mol. The number of rotatable bonds is 15. The molecule has 0 amide bonds. The van der Waals surface area contributed by atoms with Crippen molar-refractivity contribution in [1.82, 2.24) is 4.90 Å². The lowest BCUT2D eigenvalue weighted by Gasteiger charge is -2.51. The Hall–Kier alpha value is -2.33. The molecule has 3 aliphatic heterocycles. The minimum absolute atomic E-state index is 0.0388. The number of nitrogens with zero attached hydrogens (tertiary/aromatic N) is 1. The number of carbonyl (C=O) groups is 3. The van der Waals surface area contributed by atoms with E-state index in [-0.39, 0.29) is 36.3 Å². The van der Waals surface area contributed by atoms with Crippen LogP contribution in [0.25, 0.3) is 0 Å². The van der Waals surface area contributed by atoms with Crippen molar-refractivity contribution < 1.29 is 76.4 Å². The Morgan fingerprint density at radius 1 is 0.955 bits per heavy atom. The van der Waals surface area contributed by atoms with Crippen LogP contribution in [0.3, 0.4) is 0 Å². The zero-order chi connectivity index (χ0) is 49.9. The van der Waals surface area contributed by atoms with Crippen LogP contribution in [0.5, 0.6) is 0 Å². The highest BCUT2D eigenvalue weighted by Gasteiger charge is 2.54. The van der Waals surface area contributed by atoms with Gasteiger partial charge >= 0.3 is 17.9 Å². The first-order valence-electron chi connectivity index (χ1n) is 23.5. The third-order valence-electron chi connectivity index (χ3n) is 13.4. The van der Waals surface area contributed by atoms with Crippen LogP contribution >= 0.6 is 0 Å². The zero-order valence-electron chi connectivity index (χ0n) is 42.8. The van der Waals surface area contributed by atoms with E-state index < -0.39 is 124 Å². The number of aliphatic hydroxyl groups excluding tert-OH is 1. The summed E-state index contributed by atoms with van der Waals surface area (Å²) in [5.74, 6) is -2.37. The number of ether oxygens (including phenoxy) is 10. The van der Waals surface area contributed by atoms with Crippen molar-refractivity contribution in [2.75, 3.05) is 35.4 Å². The van der Waals surface area contributed by atoms with Gasteiger partial charge in [-0.15, -0.1) is 0 Å². The molecule has 0 bridgehead atoms. The van der Waals surface area contributed by atoms with Crippen LogP contribution in [0, 0.1) is 11.8 Å². The lowest BCUT2D eigenvalue weighted by atomic mass is 9.82. The minimum atomic E-state index is -2.33. The summed E-state index contributed by atoms with van der Waals surface area (Å²) in [5.41, 5.74) is -1.50. The molecule has 18 heteroatoms. The van der Waals surface area contributed by atoms with Crippen molar-refractivity contribution in [3.05, 3.63) is 24.3 Å². The quantitative estimate of drug-likeness (QED) is 0.0861. The van der Waals surface area contributed by atoms with Crippen molar-refractivity contribution in [3.8, 4) is 0 Å². The number of allylic oxidation sites excluding steroid dienone is 2. The summed E-state index contributed by atoms with van der Waals surface area (Å²) >= 11 is 0. The van der Waals surface area contributed by atoms with E-state index in [1.807, 2.05) is 37.2 Å². The number of aliphatic hydroxyl groups is 2.